The number of allylic oxidation sites excluding steroid dienone is 5. The summed E-state index contributed by atoms with van der Waals surface area (Å²) in [5.74, 6) is -1.19. The fraction of sp³-hybridized carbons (Fsp3) is 0.200. The lowest BCUT2D eigenvalue weighted by atomic mass is 9.97. The second-order valence-electron chi connectivity index (χ2n) is 3.41. The SMILES string of the molecule is C=C(C)C(=O)C1=CC=C(S(=O)(=O)O)C(=O)C1. The Labute approximate surface area is 92.9 Å². The molecule has 0 saturated carbocycles. The van der Waals surface area contributed by atoms with Crippen molar-refractivity contribution in [3.8, 4) is 0 Å². The quantitative estimate of drug-likeness (QED) is 0.584. The van der Waals surface area contributed by atoms with Gasteiger partial charge in [0.1, 0.15) is 4.91 Å². The summed E-state index contributed by atoms with van der Waals surface area (Å²) in [6.45, 7) is 4.93. The van der Waals surface area contributed by atoms with Gasteiger partial charge < -0.3 is 0 Å². The van der Waals surface area contributed by atoms with Crippen molar-refractivity contribution in [1.82, 2.24) is 0 Å². The lowest BCUT2D eigenvalue weighted by Crippen LogP contribution is -2.18. The maximum atomic E-state index is 11.4. The molecule has 16 heavy (non-hydrogen) atoms. The molecule has 0 aromatic carbocycles. The zero-order valence-corrected chi connectivity index (χ0v) is 9.37. The van der Waals surface area contributed by atoms with Crippen LogP contribution in [0.1, 0.15) is 13.3 Å². The molecule has 1 aliphatic carbocycles. The Kier molecular flexibility index (Phi) is 3.25. The van der Waals surface area contributed by atoms with Gasteiger partial charge in [0.25, 0.3) is 10.1 Å². The molecule has 0 atom stereocenters. The molecule has 0 bridgehead atoms. The second-order valence-corrected chi connectivity index (χ2v) is 4.80. The summed E-state index contributed by atoms with van der Waals surface area (Å²) in [7, 11) is -4.51. The maximum Gasteiger partial charge on any atom is 0.298 e. The van der Waals surface area contributed by atoms with Crippen molar-refractivity contribution in [3.05, 3.63) is 34.8 Å². The Hall–Kier alpha value is -1.53. The molecule has 1 N–H and O–H groups in total. The van der Waals surface area contributed by atoms with Crippen LogP contribution < -0.4 is 0 Å². The minimum Gasteiger partial charge on any atom is -0.293 e. The molecule has 0 fully saturated rings. The van der Waals surface area contributed by atoms with Gasteiger partial charge in [-0.1, -0.05) is 12.7 Å². The van der Waals surface area contributed by atoms with Crippen LogP contribution in [-0.4, -0.2) is 24.5 Å². The molecule has 0 heterocycles. The average Bonchev–Trinajstić information content (AvgIpc) is 2.14. The zero-order valence-electron chi connectivity index (χ0n) is 8.56. The molecular weight excluding hydrogens is 232 g/mol. The third-order valence-corrected chi connectivity index (χ3v) is 2.94. The van der Waals surface area contributed by atoms with Crippen LogP contribution in [0.5, 0.6) is 0 Å². The van der Waals surface area contributed by atoms with Gasteiger partial charge in [-0.3, -0.25) is 14.1 Å². The van der Waals surface area contributed by atoms with Gasteiger partial charge in [0.2, 0.25) is 0 Å². The van der Waals surface area contributed by atoms with E-state index < -0.39 is 20.8 Å². The predicted molar refractivity (Wildman–Crippen MR) is 57.2 cm³/mol. The maximum absolute atomic E-state index is 11.4. The third kappa shape index (κ3) is 2.53. The van der Waals surface area contributed by atoms with Crippen molar-refractivity contribution in [3.63, 3.8) is 0 Å². The Morgan fingerprint density at radius 3 is 2.38 bits per heavy atom. The number of carbonyl (C=O) groups is 2. The van der Waals surface area contributed by atoms with Crippen LogP contribution in [0, 0.1) is 0 Å². The van der Waals surface area contributed by atoms with Gasteiger partial charge in [-0.05, 0) is 18.6 Å². The highest BCUT2D eigenvalue weighted by Gasteiger charge is 2.27. The van der Waals surface area contributed by atoms with Gasteiger partial charge in [-0.2, -0.15) is 8.42 Å². The minimum atomic E-state index is -4.51. The van der Waals surface area contributed by atoms with Crippen molar-refractivity contribution in [2.45, 2.75) is 13.3 Å². The summed E-state index contributed by atoms with van der Waals surface area (Å²) in [4.78, 5) is 22.1. The molecular formula is C10H10O5S. The zero-order chi connectivity index (χ0) is 12.5. The molecule has 1 aliphatic rings. The van der Waals surface area contributed by atoms with E-state index in [0.717, 1.165) is 6.08 Å². The fourth-order valence-corrected chi connectivity index (χ4v) is 1.85. The molecule has 0 saturated heterocycles. The van der Waals surface area contributed by atoms with Crippen LogP contribution in [0.25, 0.3) is 0 Å². The number of hydrogen-bond acceptors (Lipinski definition) is 4. The molecule has 1 rings (SSSR count). The molecule has 0 unspecified atom stereocenters. The predicted octanol–water partition coefficient (Wildman–Crippen LogP) is 0.802. The normalized spacial score (nSPS) is 16.5. The van der Waals surface area contributed by atoms with E-state index in [0.29, 0.717) is 0 Å². The molecule has 0 aromatic heterocycles. The highest BCUT2D eigenvalue weighted by atomic mass is 32.2. The minimum absolute atomic E-state index is 0.171. The van der Waals surface area contributed by atoms with Crippen LogP contribution in [0.3, 0.4) is 0 Å². The smallest absolute Gasteiger partial charge is 0.293 e. The topological polar surface area (TPSA) is 88.5 Å². The van der Waals surface area contributed by atoms with Gasteiger partial charge in [-0.25, -0.2) is 0 Å². The Balaban J connectivity index is 3.14. The first-order chi connectivity index (χ1) is 7.23. The van der Waals surface area contributed by atoms with E-state index in [-0.39, 0.29) is 23.4 Å². The van der Waals surface area contributed by atoms with Crippen LogP contribution in [0.4, 0.5) is 0 Å². The van der Waals surface area contributed by atoms with Crippen molar-refractivity contribution in [1.29, 1.82) is 0 Å². The van der Waals surface area contributed by atoms with E-state index >= 15 is 0 Å². The van der Waals surface area contributed by atoms with Gasteiger partial charge in [-0.15, -0.1) is 0 Å². The first kappa shape index (κ1) is 12.5. The van der Waals surface area contributed by atoms with Gasteiger partial charge in [0.15, 0.2) is 11.6 Å². The standard InChI is InChI=1S/C10H10O5S/c1-6(2)10(12)7-3-4-9(8(11)5-7)16(13,14)15/h3-4H,1,5H2,2H3,(H,13,14,15). The van der Waals surface area contributed by atoms with E-state index in [1.54, 1.807) is 0 Å². The fourth-order valence-electron chi connectivity index (χ4n) is 1.25. The average molecular weight is 242 g/mol. The van der Waals surface area contributed by atoms with E-state index in [4.69, 9.17) is 4.55 Å². The van der Waals surface area contributed by atoms with Gasteiger partial charge in [0, 0.05) is 12.0 Å². The van der Waals surface area contributed by atoms with Crippen LogP contribution in [0.2, 0.25) is 0 Å². The molecule has 86 valence electrons. The molecule has 5 nitrogen and oxygen atoms in total. The molecule has 0 aliphatic heterocycles. The first-order valence-corrected chi connectivity index (χ1v) is 5.79. The highest BCUT2D eigenvalue weighted by Crippen LogP contribution is 2.20. The molecule has 0 radical (unpaired) electrons. The summed E-state index contributed by atoms with van der Waals surface area (Å²) in [6.07, 6.45) is 1.80. The number of hydrogen-bond donors (Lipinski definition) is 1. The van der Waals surface area contributed by atoms with Crippen molar-refractivity contribution < 1.29 is 22.6 Å². The Bertz CT molecular complexity index is 534. The van der Waals surface area contributed by atoms with Crippen LogP contribution >= 0.6 is 0 Å². The second kappa shape index (κ2) is 4.15. The molecule has 0 aromatic rings. The van der Waals surface area contributed by atoms with E-state index in [1.165, 1.54) is 13.0 Å². The monoisotopic (exact) mass is 242 g/mol. The summed E-state index contributed by atoms with van der Waals surface area (Å²) in [5, 5.41) is 0. The number of carbonyl (C=O) groups excluding carboxylic acids is 2. The van der Waals surface area contributed by atoms with E-state index in [1.807, 2.05) is 0 Å². The number of Topliss-reactive ketones (excluding diaryl/α,β-unsaturated/α-hetero) is 2. The number of rotatable bonds is 3. The lowest BCUT2D eigenvalue weighted by Gasteiger charge is -2.10. The van der Waals surface area contributed by atoms with Gasteiger partial charge in [0.05, 0.1) is 0 Å². The van der Waals surface area contributed by atoms with Crippen molar-refractivity contribution in [2.75, 3.05) is 0 Å². The Morgan fingerprint density at radius 2 is 2.00 bits per heavy atom. The van der Waals surface area contributed by atoms with Crippen LogP contribution in [-0.2, 0) is 19.7 Å². The van der Waals surface area contributed by atoms with Gasteiger partial charge >= 0.3 is 0 Å². The summed E-state index contributed by atoms with van der Waals surface area (Å²) in [6, 6.07) is 0. The largest absolute Gasteiger partial charge is 0.298 e. The number of ketones is 2. The molecule has 6 heteroatoms. The highest BCUT2D eigenvalue weighted by molar-refractivity contribution is 7.90. The summed E-state index contributed by atoms with van der Waals surface area (Å²) < 4.78 is 30.2. The van der Waals surface area contributed by atoms with E-state index in [2.05, 4.69) is 6.58 Å². The third-order valence-electron chi connectivity index (χ3n) is 2.02. The summed E-state index contributed by atoms with van der Waals surface area (Å²) in [5.41, 5.74) is 0.438. The van der Waals surface area contributed by atoms with E-state index in [9.17, 15) is 18.0 Å². The first-order valence-electron chi connectivity index (χ1n) is 4.35. The van der Waals surface area contributed by atoms with Crippen molar-refractivity contribution in [2.24, 2.45) is 0 Å². The Morgan fingerprint density at radius 1 is 1.44 bits per heavy atom. The molecule has 0 spiro atoms. The molecule has 0 amide bonds. The van der Waals surface area contributed by atoms with Crippen LogP contribution in [0.15, 0.2) is 34.8 Å². The summed E-state index contributed by atoms with van der Waals surface area (Å²) >= 11 is 0. The van der Waals surface area contributed by atoms with Crippen molar-refractivity contribution >= 4 is 21.7 Å². The lowest BCUT2D eigenvalue weighted by molar-refractivity contribution is -0.117.